The number of aromatic nitrogens is 4. The summed E-state index contributed by atoms with van der Waals surface area (Å²) in [4.78, 5) is 12.4. The molecule has 1 aromatic carbocycles. The first-order chi connectivity index (χ1) is 12.1. The van der Waals surface area contributed by atoms with Crippen LogP contribution in [0, 0.1) is 6.92 Å². The predicted octanol–water partition coefficient (Wildman–Crippen LogP) is 2.64. The second-order valence-corrected chi connectivity index (χ2v) is 5.86. The van der Waals surface area contributed by atoms with Crippen LogP contribution in [0.4, 0.5) is 5.69 Å². The lowest BCUT2D eigenvalue weighted by Crippen LogP contribution is -2.25. The summed E-state index contributed by atoms with van der Waals surface area (Å²) in [5.74, 6) is 0.675. The van der Waals surface area contributed by atoms with E-state index in [1.807, 2.05) is 44.2 Å². The summed E-state index contributed by atoms with van der Waals surface area (Å²) < 4.78 is 8.69. The molecule has 1 atom stereocenters. The number of benzene rings is 1. The Morgan fingerprint density at radius 1 is 1.32 bits per heavy atom. The number of aryl methyl sites for hydroxylation is 1. The molecular weight excluding hydrogens is 318 g/mol. The number of nitrogens with one attached hydrogen (secondary N) is 1. The van der Waals surface area contributed by atoms with Crippen molar-refractivity contribution in [2.75, 3.05) is 12.4 Å². The maximum Gasteiger partial charge on any atom is 0.249 e. The van der Waals surface area contributed by atoms with Crippen LogP contribution in [0.1, 0.15) is 24.2 Å². The molecule has 1 amide bonds. The highest BCUT2D eigenvalue weighted by molar-refractivity contribution is 5.93. The van der Waals surface area contributed by atoms with Crippen LogP contribution >= 0.6 is 0 Å². The molecule has 0 aliphatic carbocycles. The molecule has 0 saturated carbocycles. The zero-order valence-corrected chi connectivity index (χ0v) is 14.5. The fourth-order valence-electron chi connectivity index (χ4n) is 2.62. The largest absolute Gasteiger partial charge is 0.497 e. The Kier molecular flexibility index (Phi) is 4.83. The Labute approximate surface area is 146 Å². The summed E-state index contributed by atoms with van der Waals surface area (Å²) in [5.41, 5.74) is 2.67. The van der Waals surface area contributed by atoms with Crippen LogP contribution in [0.15, 0.2) is 48.9 Å². The molecule has 2 heterocycles. The monoisotopic (exact) mass is 339 g/mol. The van der Waals surface area contributed by atoms with Gasteiger partial charge in [0, 0.05) is 18.1 Å². The standard InChI is InChI=1S/C18H21N5O2/c1-13-7-8-19-23(13)14(2)18(24)21-16-10-20-22(12-16)11-15-5-4-6-17(9-15)25-3/h4-10,12,14H,11H2,1-3H3,(H,21,24). The van der Waals surface area contributed by atoms with Crippen molar-refractivity contribution in [3.63, 3.8) is 0 Å². The van der Waals surface area contributed by atoms with Crippen molar-refractivity contribution in [1.29, 1.82) is 0 Å². The van der Waals surface area contributed by atoms with Gasteiger partial charge in [-0.05, 0) is 37.6 Å². The molecule has 0 aliphatic heterocycles. The van der Waals surface area contributed by atoms with Crippen molar-refractivity contribution < 1.29 is 9.53 Å². The fourth-order valence-corrected chi connectivity index (χ4v) is 2.62. The SMILES string of the molecule is COc1cccc(Cn2cc(NC(=O)C(C)n3nccc3C)cn2)c1. The lowest BCUT2D eigenvalue weighted by Gasteiger charge is -2.13. The van der Waals surface area contributed by atoms with Gasteiger partial charge in [-0.2, -0.15) is 10.2 Å². The van der Waals surface area contributed by atoms with Crippen LogP contribution < -0.4 is 10.1 Å². The first-order valence-corrected chi connectivity index (χ1v) is 8.03. The Morgan fingerprint density at radius 3 is 2.88 bits per heavy atom. The van der Waals surface area contributed by atoms with Crippen molar-refractivity contribution in [3.05, 3.63) is 60.2 Å². The zero-order chi connectivity index (χ0) is 17.8. The average molecular weight is 339 g/mol. The molecule has 3 rings (SSSR count). The van der Waals surface area contributed by atoms with Gasteiger partial charge < -0.3 is 10.1 Å². The summed E-state index contributed by atoms with van der Waals surface area (Å²) in [5, 5.41) is 11.4. The van der Waals surface area contributed by atoms with E-state index in [-0.39, 0.29) is 5.91 Å². The lowest BCUT2D eigenvalue weighted by atomic mass is 10.2. The summed E-state index contributed by atoms with van der Waals surface area (Å²) in [7, 11) is 1.64. The van der Waals surface area contributed by atoms with Crippen molar-refractivity contribution in [2.24, 2.45) is 0 Å². The Hall–Kier alpha value is -3.09. The first kappa shape index (κ1) is 16.8. The normalized spacial score (nSPS) is 12.0. The van der Waals surface area contributed by atoms with E-state index < -0.39 is 6.04 Å². The highest BCUT2D eigenvalue weighted by Crippen LogP contribution is 2.16. The minimum absolute atomic E-state index is 0.132. The number of amides is 1. The van der Waals surface area contributed by atoms with Gasteiger partial charge in [-0.3, -0.25) is 14.2 Å². The van der Waals surface area contributed by atoms with E-state index in [0.717, 1.165) is 17.0 Å². The topological polar surface area (TPSA) is 74.0 Å². The molecule has 0 bridgehead atoms. The van der Waals surface area contributed by atoms with Gasteiger partial charge in [0.2, 0.25) is 5.91 Å². The third-order valence-corrected chi connectivity index (χ3v) is 3.99. The molecule has 3 aromatic rings. The number of carbonyl (C=O) groups excluding carboxylic acids is 1. The molecular formula is C18H21N5O2. The van der Waals surface area contributed by atoms with Crippen molar-refractivity contribution in [2.45, 2.75) is 26.4 Å². The first-order valence-electron chi connectivity index (χ1n) is 8.03. The van der Waals surface area contributed by atoms with Crippen LogP contribution in [0.3, 0.4) is 0 Å². The molecule has 1 N–H and O–H groups in total. The molecule has 1 unspecified atom stereocenters. The molecule has 7 heteroatoms. The van der Waals surface area contributed by atoms with Gasteiger partial charge in [-0.25, -0.2) is 0 Å². The van der Waals surface area contributed by atoms with Crippen molar-refractivity contribution >= 4 is 11.6 Å². The lowest BCUT2D eigenvalue weighted by molar-refractivity contribution is -0.119. The van der Waals surface area contributed by atoms with Crippen LogP contribution in [0.2, 0.25) is 0 Å². The molecule has 0 fully saturated rings. The second kappa shape index (κ2) is 7.21. The molecule has 25 heavy (non-hydrogen) atoms. The van der Waals surface area contributed by atoms with Gasteiger partial charge in [-0.1, -0.05) is 12.1 Å². The summed E-state index contributed by atoms with van der Waals surface area (Å²) in [6.07, 6.45) is 5.13. The number of methoxy groups -OCH3 is 1. The second-order valence-electron chi connectivity index (χ2n) is 5.86. The number of ether oxygens (including phenoxy) is 1. The van der Waals surface area contributed by atoms with Gasteiger partial charge in [0.15, 0.2) is 0 Å². The summed E-state index contributed by atoms with van der Waals surface area (Å²) in [6.45, 7) is 4.33. The molecule has 2 aromatic heterocycles. The fraction of sp³-hybridized carbons (Fsp3) is 0.278. The van der Waals surface area contributed by atoms with Crippen molar-refractivity contribution in [1.82, 2.24) is 19.6 Å². The van der Waals surface area contributed by atoms with E-state index in [2.05, 4.69) is 15.5 Å². The van der Waals surface area contributed by atoms with E-state index in [1.165, 1.54) is 0 Å². The van der Waals surface area contributed by atoms with E-state index in [0.29, 0.717) is 12.2 Å². The van der Waals surface area contributed by atoms with Gasteiger partial charge >= 0.3 is 0 Å². The highest BCUT2D eigenvalue weighted by Gasteiger charge is 2.17. The Bertz CT molecular complexity index is 868. The molecule has 130 valence electrons. The van der Waals surface area contributed by atoms with Crippen LogP contribution in [0.5, 0.6) is 5.75 Å². The molecule has 0 spiro atoms. The maximum absolute atomic E-state index is 12.4. The molecule has 0 aliphatic rings. The van der Waals surface area contributed by atoms with Crippen molar-refractivity contribution in [3.8, 4) is 5.75 Å². The van der Waals surface area contributed by atoms with Gasteiger partial charge in [0.1, 0.15) is 11.8 Å². The van der Waals surface area contributed by atoms with Gasteiger partial charge in [-0.15, -0.1) is 0 Å². The minimum Gasteiger partial charge on any atom is -0.497 e. The number of anilines is 1. The predicted molar refractivity (Wildman–Crippen MR) is 94.6 cm³/mol. The van der Waals surface area contributed by atoms with Crippen LogP contribution in [-0.2, 0) is 11.3 Å². The van der Waals surface area contributed by atoms with Gasteiger partial charge in [0.05, 0.1) is 25.5 Å². The summed E-state index contributed by atoms with van der Waals surface area (Å²) >= 11 is 0. The summed E-state index contributed by atoms with van der Waals surface area (Å²) in [6, 6.07) is 9.28. The number of nitrogens with zero attached hydrogens (tertiary/aromatic N) is 4. The van der Waals surface area contributed by atoms with E-state index >= 15 is 0 Å². The quantitative estimate of drug-likeness (QED) is 0.749. The van der Waals surface area contributed by atoms with Crippen LogP contribution in [-0.4, -0.2) is 32.6 Å². The maximum atomic E-state index is 12.4. The Morgan fingerprint density at radius 2 is 2.16 bits per heavy atom. The van der Waals surface area contributed by atoms with Crippen LogP contribution in [0.25, 0.3) is 0 Å². The zero-order valence-electron chi connectivity index (χ0n) is 14.5. The number of hydrogen-bond donors (Lipinski definition) is 1. The smallest absolute Gasteiger partial charge is 0.249 e. The third-order valence-electron chi connectivity index (χ3n) is 3.99. The minimum atomic E-state index is -0.392. The molecule has 0 radical (unpaired) electrons. The number of carbonyl (C=O) groups is 1. The Balaban J connectivity index is 1.65. The number of hydrogen-bond acceptors (Lipinski definition) is 4. The van der Waals surface area contributed by atoms with Gasteiger partial charge in [0.25, 0.3) is 0 Å². The third kappa shape index (κ3) is 3.88. The van der Waals surface area contributed by atoms with E-state index in [4.69, 9.17) is 4.74 Å². The average Bonchev–Trinajstić information content (AvgIpc) is 3.23. The van der Waals surface area contributed by atoms with E-state index in [9.17, 15) is 4.79 Å². The highest BCUT2D eigenvalue weighted by atomic mass is 16.5. The van der Waals surface area contributed by atoms with E-state index in [1.54, 1.807) is 35.1 Å². The molecule has 0 saturated heterocycles. The number of rotatable bonds is 6. The molecule has 7 nitrogen and oxygen atoms in total.